The minimum absolute atomic E-state index is 1.18. The van der Waals surface area contributed by atoms with E-state index in [9.17, 15) is 0 Å². The summed E-state index contributed by atoms with van der Waals surface area (Å²) < 4.78 is 1.18. The van der Waals surface area contributed by atoms with Gasteiger partial charge in [0.1, 0.15) is 0 Å². The first-order valence-corrected chi connectivity index (χ1v) is 6.87. The lowest BCUT2D eigenvalue weighted by atomic mass is 9.92. The van der Waals surface area contributed by atoms with Gasteiger partial charge in [-0.15, -0.1) is 0 Å². The summed E-state index contributed by atoms with van der Waals surface area (Å²) >= 11 is 3.71. The lowest BCUT2D eigenvalue weighted by Gasteiger charge is -2.13. The lowest BCUT2D eigenvalue weighted by molar-refractivity contribution is 1.54. The number of aryl methyl sites for hydroxylation is 1. The predicted octanol–water partition coefficient (Wildman–Crippen LogP) is 5.65. The number of benzene rings is 4. The molecule has 0 spiro atoms. The molecule has 0 aromatic heterocycles. The average molecular weight is 295 g/mol. The van der Waals surface area contributed by atoms with E-state index in [0.717, 1.165) is 0 Å². The summed E-state index contributed by atoms with van der Waals surface area (Å²) in [5.41, 5.74) is 1.33. The molecular weight excluding hydrogens is 284 g/mol. The summed E-state index contributed by atoms with van der Waals surface area (Å²) in [6.07, 6.45) is 0. The minimum atomic E-state index is 1.18. The van der Waals surface area contributed by atoms with E-state index in [1.54, 1.807) is 0 Å². The molecule has 1 heteroatoms. The molecule has 4 aromatic carbocycles. The van der Waals surface area contributed by atoms with Crippen LogP contribution in [-0.4, -0.2) is 0 Å². The zero-order valence-corrected chi connectivity index (χ0v) is 11.6. The standard InChI is InChI=1S/C17H11Br/c1-10-5-6-12-8-7-11-3-2-4-13-15(18)9-14(10)17(12)16(11)13/h2-9H,1H3. The second-order valence-electron chi connectivity index (χ2n) is 4.86. The van der Waals surface area contributed by atoms with Gasteiger partial charge in [0.2, 0.25) is 0 Å². The second-order valence-corrected chi connectivity index (χ2v) is 5.71. The van der Waals surface area contributed by atoms with Crippen molar-refractivity contribution in [3.05, 3.63) is 58.6 Å². The van der Waals surface area contributed by atoms with Crippen molar-refractivity contribution in [2.45, 2.75) is 6.92 Å². The zero-order valence-electron chi connectivity index (χ0n) is 10.00. The molecule has 0 amide bonds. The van der Waals surface area contributed by atoms with Crippen molar-refractivity contribution in [2.24, 2.45) is 0 Å². The molecule has 0 atom stereocenters. The van der Waals surface area contributed by atoms with E-state index in [-0.39, 0.29) is 0 Å². The van der Waals surface area contributed by atoms with Crippen molar-refractivity contribution < 1.29 is 0 Å². The number of rotatable bonds is 0. The number of halogens is 1. The van der Waals surface area contributed by atoms with Crippen molar-refractivity contribution in [3.63, 3.8) is 0 Å². The highest BCUT2D eigenvalue weighted by atomic mass is 79.9. The Morgan fingerprint density at radius 1 is 0.778 bits per heavy atom. The van der Waals surface area contributed by atoms with Crippen LogP contribution in [-0.2, 0) is 0 Å². The smallest absolute Gasteiger partial charge is 0.0260 e. The summed E-state index contributed by atoms with van der Waals surface area (Å²) in [6, 6.07) is 17.6. The second kappa shape index (κ2) is 3.46. The van der Waals surface area contributed by atoms with Crippen molar-refractivity contribution in [1.82, 2.24) is 0 Å². The zero-order chi connectivity index (χ0) is 12.3. The van der Waals surface area contributed by atoms with Crippen molar-refractivity contribution in [3.8, 4) is 0 Å². The van der Waals surface area contributed by atoms with Gasteiger partial charge in [-0.2, -0.15) is 0 Å². The fourth-order valence-electron chi connectivity index (χ4n) is 2.92. The third-order valence-corrected chi connectivity index (χ3v) is 4.47. The van der Waals surface area contributed by atoms with Gasteiger partial charge in [0, 0.05) is 4.47 Å². The molecule has 0 unspecified atom stereocenters. The van der Waals surface area contributed by atoms with E-state index >= 15 is 0 Å². The van der Waals surface area contributed by atoms with E-state index in [0.29, 0.717) is 0 Å². The maximum absolute atomic E-state index is 3.71. The highest BCUT2D eigenvalue weighted by Gasteiger charge is 2.11. The Balaban J connectivity index is 2.49. The number of hydrogen-bond acceptors (Lipinski definition) is 0. The largest absolute Gasteiger partial charge is 0.0610 e. The third kappa shape index (κ3) is 1.20. The van der Waals surface area contributed by atoms with Crippen molar-refractivity contribution in [2.75, 3.05) is 0 Å². The summed E-state index contributed by atoms with van der Waals surface area (Å²) in [5, 5.41) is 8.07. The van der Waals surface area contributed by atoms with E-state index in [4.69, 9.17) is 0 Å². The van der Waals surface area contributed by atoms with E-state index in [1.165, 1.54) is 42.4 Å². The van der Waals surface area contributed by atoms with Crippen molar-refractivity contribution >= 4 is 48.2 Å². The van der Waals surface area contributed by atoms with Gasteiger partial charge in [0.15, 0.2) is 0 Å². The van der Waals surface area contributed by atoms with Gasteiger partial charge in [-0.3, -0.25) is 0 Å². The van der Waals surface area contributed by atoms with Crippen LogP contribution in [0.5, 0.6) is 0 Å². The Hall–Kier alpha value is -1.60. The lowest BCUT2D eigenvalue weighted by Crippen LogP contribution is -1.86. The first-order valence-electron chi connectivity index (χ1n) is 6.08. The molecular formula is C17H11Br. The third-order valence-electron chi connectivity index (χ3n) is 3.81. The molecule has 0 nitrogen and oxygen atoms in total. The summed E-state index contributed by atoms with van der Waals surface area (Å²) in [4.78, 5) is 0. The van der Waals surface area contributed by atoms with Crippen LogP contribution in [0.4, 0.5) is 0 Å². The topological polar surface area (TPSA) is 0 Å². The maximum Gasteiger partial charge on any atom is 0.0260 e. The molecule has 0 heterocycles. The summed E-state index contributed by atoms with van der Waals surface area (Å²) in [6.45, 7) is 2.18. The quantitative estimate of drug-likeness (QED) is 0.367. The molecule has 0 saturated heterocycles. The molecule has 0 radical (unpaired) electrons. The number of hydrogen-bond donors (Lipinski definition) is 0. The van der Waals surface area contributed by atoms with Gasteiger partial charge in [0.25, 0.3) is 0 Å². The molecule has 0 saturated carbocycles. The molecule has 86 valence electrons. The van der Waals surface area contributed by atoms with Gasteiger partial charge in [-0.25, -0.2) is 0 Å². The normalized spacial score (nSPS) is 11.9. The highest BCUT2D eigenvalue weighted by molar-refractivity contribution is 9.10. The van der Waals surface area contributed by atoms with Crippen LogP contribution in [0.1, 0.15) is 5.56 Å². The average Bonchev–Trinajstić information content (AvgIpc) is 2.40. The molecule has 0 aliphatic carbocycles. The fourth-order valence-corrected chi connectivity index (χ4v) is 3.47. The SMILES string of the molecule is Cc1ccc2ccc3cccc4c(Br)cc1c2c34. The van der Waals surface area contributed by atoms with Gasteiger partial charge >= 0.3 is 0 Å². The molecule has 0 bridgehead atoms. The monoisotopic (exact) mass is 294 g/mol. The molecule has 4 rings (SSSR count). The van der Waals surface area contributed by atoms with Gasteiger partial charge in [-0.1, -0.05) is 58.4 Å². The van der Waals surface area contributed by atoms with Crippen LogP contribution < -0.4 is 0 Å². The Bertz CT molecular complexity index is 875. The van der Waals surface area contributed by atoms with Gasteiger partial charge < -0.3 is 0 Å². The minimum Gasteiger partial charge on any atom is -0.0610 e. The highest BCUT2D eigenvalue weighted by Crippen LogP contribution is 2.39. The van der Waals surface area contributed by atoms with Crippen LogP contribution in [0.25, 0.3) is 32.3 Å². The molecule has 4 aromatic rings. The van der Waals surface area contributed by atoms with Crippen LogP contribution in [0, 0.1) is 6.92 Å². The molecule has 0 N–H and O–H groups in total. The van der Waals surface area contributed by atoms with E-state index in [1.807, 2.05) is 0 Å². The Labute approximate surface area is 114 Å². The van der Waals surface area contributed by atoms with Crippen molar-refractivity contribution in [1.29, 1.82) is 0 Å². The van der Waals surface area contributed by atoms with Crippen LogP contribution >= 0.6 is 15.9 Å². The maximum atomic E-state index is 3.71. The summed E-state index contributed by atoms with van der Waals surface area (Å²) in [5.74, 6) is 0. The van der Waals surface area contributed by atoms with E-state index in [2.05, 4.69) is 71.4 Å². The first-order chi connectivity index (χ1) is 8.75. The van der Waals surface area contributed by atoms with Gasteiger partial charge in [0.05, 0.1) is 0 Å². The Morgan fingerprint density at radius 3 is 2.28 bits per heavy atom. The Kier molecular flexibility index (Phi) is 1.98. The van der Waals surface area contributed by atoms with Crippen LogP contribution in [0.3, 0.4) is 0 Å². The first kappa shape index (κ1) is 10.3. The van der Waals surface area contributed by atoms with Crippen LogP contribution in [0.2, 0.25) is 0 Å². The molecule has 0 fully saturated rings. The fraction of sp³-hybridized carbons (Fsp3) is 0.0588. The van der Waals surface area contributed by atoms with E-state index < -0.39 is 0 Å². The molecule has 18 heavy (non-hydrogen) atoms. The van der Waals surface area contributed by atoms with Gasteiger partial charge in [-0.05, 0) is 50.9 Å². The molecule has 0 aliphatic rings. The predicted molar refractivity (Wildman–Crippen MR) is 82.6 cm³/mol. The Morgan fingerprint density at radius 2 is 1.44 bits per heavy atom. The van der Waals surface area contributed by atoms with Crippen LogP contribution in [0.15, 0.2) is 53.0 Å². The summed E-state index contributed by atoms with van der Waals surface area (Å²) in [7, 11) is 0. The molecule has 0 aliphatic heterocycles.